The molecule has 1 rings (SSSR count). The van der Waals surface area contributed by atoms with Crippen LogP contribution in [0.1, 0.15) is 19.4 Å². The summed E-state index contributed by atoms with van der Waals surface area (Å²) in [5.74, 6) is 0. The van der Waals surface area contributed by atoms with Crippen molar-refractivity contribution in [3.8, 4) is 0 Å². The molecule has 1 N–H and O–H groups in total. The average molecular weight is 227 g/mol. The second-order valence-corrected chi connectivity index (χ2v) is 4.44. The number of halogens is 1. The van der Waals surface area contributed by atoms with Gasteiger partial charge in [0.25, 0.3) is 0 Å². The Bertz CT molecular complexity index is 323. The summed E-state index contributed by atoms with van der Waals surface area (Å²) in [7, 11) is 4.04. The first-order chi connectivity index (χ1) is 7.06. The summed E-state index contributed by atoms with van der Waals surface area (Å²) in [6.07, 6.45) is 0. The first-order valence-corrected chi connectivity index (χ1v) is 5.60. The monoisotopic (exact) mass is 226 g/mol. The minimum Gasteiger partial charge on any atom is -0.372 e. The standard InChI is InChI=1S/C12H19ClN2/c1-9(2)15(4)12-7-11(13)6-5-10(12)8-14-3/h5-7,9,14H,8H2,1-4H3. The normalized spacial score (nSPS) is 10.8. The maximum atomic E-state index is 6.02. The van der Waals surface area contributed by atoms with E-state index in [9.17, 15) is 0 Å². The minimum absolute atomic E-state index is 0.471. The largest absolute Gasteiger partial charge is 0.372 e. The van der Waals surface area contributed by atoms with Crippen molar-refractivity contribution in [1.82, 2.24) is 5.32 Å². The highest BCUT2D eigenvalue weighted by Gasteiger charge is 2.10. The van der Waals surface area contributed by atoms with Crippen LogP contribution in [0.25, 0.3) is 0 Å². The second kappa shape index (κ2) is 5.38. The lowest BCUT2D eigenvalue weighted by Gasteiger charge is -2.26. The number of hydrogen-bond acceptors (Lipinski definition) is 2. The van der Waals surface area contributed by atoms with Crippen molar-refractivity contribution in [3.05, 3.63) is 28.8 Å². The van der Waals surface area contributed by atoms with Gasteiger partial charge >= 0.3 is 0 Å². The van der Waals surface area contributed by atoms with Gasteiger partial charge in [-0.25, -0.2) is 0 Å². The SMILES string of the molecule is CNCc1ccc(Cl)cc1N(C)C(C)C. The highest BCUT2D eigenvalue weighted by atomic mass is 35.5. The van der Waals surface area contributed by atoms with Crippen LogP contribution in [0.15, 0.2) is 18.2 Å². The molecule has 2 nitrogen and oxygen atoms in total. The van der Waals surface area contributed by atoms with Crippen molar-refractivity contribution < 1.29 is 0 Å². The number of benzene rings is 1. The number of anilines is 1. The van der Waals surface area contributed by atoms with Gasteiger partial charge in [0.15, 0.2) is 0 Å². The molecule has 0 unspecified atom stereocenters. The van der Waals surface area contributed by atoms with E-state index in [1.807, 2.05) is 19.2 Å². The van der Waals surface area contributed by atoms with Crippen LogP contribution >= 0.6 is 11.6 Å². The first kappa shape index (κ1) is 12.3. The third-order valence-corrected chi connectivity index (χ3v) is 2.80. The molecule has 3 heteroatoms. The zero-order valence-electron chi connectivity index (χ0n) is 9.84. The van der Waals surface area contributed by atoms with Gasteiger partial charge in [0.05, 0.1) is 0 Å². The van der Waals surface area contributed by atoms with E-state index in [-0.39, 0.29) is 0 Å². The van der Waals surface area contributed by atoms with Gasteiger partial charge in [-0.1, -0.05) is 17.7 Å². The molecule has 0 spiro atoms. The molecular formula is C12H19ClN2. The molecular weight excluding hydrogens is 208 g/mol. The third-order valence-electron chi connectivity index (χ3n) is 2.57. The van der Waals surface area contributed by atoms with E-state index in [2.05, 4.69) is 37.2 Å². The van der Waals surface area contributed by atoms with Crippen molar-refractivity contribution >= 4 is 17.3 Å². The fourth-order valence-electron chi connectivity index (χ4n) is 1.48. The summed E-state index contributed by atoms with van der Waals surface area (Å²) >= 11 is 6.02. The Kier molecular flexibility index (Phi) is 4.43. The summed E-state index contributed by atoms with van der Waals surface area (Å²) in [6, 6.07) is 6.51. The molecule has 0 fully saturated rings. The van der Waals surface area contributed by atoms with Crippen LogP contribution in [0, 0.1) is 0 Å². The van der Waals surface area contributed by atoms with Crippen LogP contribution in [0.5, 0.6) is 0 Å². The van der Waals surface area contributed by atoms with Gasteiger partial charge in [0.2, 0.25) is 0 Å². The molecule has 15 heavy (non-hydrogen) atoms. The Morgan fingerprint density at radius 1 is 1.40 bits per heavy atom. The van der Waals surface area contributed by atoms with Crippen molar-refractivity contribution in [1.29, 1.82) is 0 Å². The van der Waals surface area contributed by atoms with Gasteiger partial charge in [-0.2, -0.15) is 0 Å². The Morgan fingerprint density at radius 2 is 2.07 bits per heavy atom. The smallest absolute Gasteiger partial charge is 0.0426 e. The van der Waals surface area contributed by atoms with Crippen LogP contribution in [0.4, 0.5) is 5.69 Å². The maximum Gasteiger partial charge on any atom is 0.0426 e. The topological polar surface area (TPSA) is 15.3 Å². The van der Waals surface area contributed by atoms with E-state index in [0.29, 0.717) is 6.04 Å². The van der Waals surface area contributed by atoms with Gasteiger partial charge in [-0.15, -0.1) is 0 Å². The van der Waals surface area contributed by atoms with E-state index in [1.54, 1.807) is 0 Å². The minimum atomic E-state index is 0.471. The summed E-state index contributed by atoms with van der Waals surface area (Å²) in [6.45, 7) is 5.21. The van der Waals surface area contributed by atoms with Crippen LogP contribution in [-0.2, 0) is 6.54 Å². The molecule has 0 amide bonds. The molecule has 0 saturated carbocycles. The van der Waals surface area contributed by atoms with Gasteiger partial charge in [-0.3, -0.25) is 0 Å². The molecule has 1 aromatic carbocycles. The maximum absolute atomic E-state index is 6.02. The predicted molar refractivity (Wildman–Crippen MR) is 67.8 cm³/mol. The fraction of sp³-hybridized carbons (Fsp3) is 0.500. The molecule has 0 atom stereocenters. The lowest BCUT2D eigenvalue weighted by Crippen LogP contribution is -2.27. The van der Waals surface area contributed by atoms with Gasteiger partial charge in [0.1, 0.15) is 0 Å². The van der Waals surface area contributed by atoms with Crippen LogP contribution in [-0.4, -0.2) is 20.1 Å². The molecule has 1 aromatic rings. The number of rotatable bonds is 4. The lowest BCUT2D eigenvalue weighted by atomic mass is 10.1. The van der Waals surface area contributed by atoms with Gasteiger partial charge in [0, 0.05) is 30.3 Å². The van der Waals surface area contributed by atoms with Crippen LogP contribution in [0.2, 0.25) is 5.02 Å². The van der Waals surface area contributed by atoms with E-state index in [1.165, 1.54) is 11.3 Å². The van der Waals surface area contributed by atoms with E-state index in [4.69, 9.17) is 11.6 Å². The van der Waals surface area contributed by atoms with Gasteiger partial charge in [-0.05, 0) is 38.6 Å². The molecule has 0 saturated heterocycles. The lowest BCUT2D eigenvalue weighted by molar-refractivity contribution is 0.739. The van der Waals surface area contributed by atoms with Gasteiger partial charge < -0.3 is 10.2 Å². The Hall–Kier alpha value is -0.730. The Morgan fingerprint density at radius 3 is 2.60 bits per heavy atom. The second-order valence-electron chi connectivity index (χ2n) is 4.01. The molecule has 0 aliphatic carbocycles. The summed E-state index contributed by atoms with van der Waals surface area (Å²) < 4.78 is 0. The zero-order valence-corrected chi connectivity index (χ0v) is 10.6. The highest BCUT2D eigenvalue weighted by Crippen LogP contribution is 2.25. The van der Waals surface area contributed by atoms with E-state index in [0.717, 1.165) is 11.6 Å². The van der Waals surface area contributed by atoms with E-state index >= 15 is 0 Å². The fourth-order valence-corrected chi connectivity index (χ4v) is 1.65. The van der Waals surface area contributed by atoms with Crippen molar-refractivity contribution in [2.45, 2.75) is 26.4 Å². The molecule has 0 aliphatic heterocycles. The average Bonchev–Trinajstić information content (AvgIpc) is 2.20. The van der Waals surface area contributed by atoms with Crippen LogP contribution in [0.3, 0.4) is 0 Å². The van der Waals surface area contributed by atoms with Crippen molar-refractivity contribution in [3.63, 3.8) is 0 Å². The Balaban J connectivity index is 3.06. The van der Waals surface area contributed by atoms with Crippen molar-refractivity contribution in [2.24, 2.45) is 0 Å². The first-order valence-electron chi connectivity index (χ1n) is 5.22. The molecule has 0 heterocycles. The third kappa shape index (κ3) is 3.11. The number of hydrogen-bond donors (Lipinski definition) is 1. The number of nitrogens with zero attached hydrogens (tertiary/aromatic N) is 1. The van der Waals surface area contributed by atoms with Crippen molar-refractivity contribution in [2.75, 3.05) is 19.0 Å². The molecule has 0 bridgehead atoms. The summed E-state index contributed by atoms with van der Waals surface area (Å²) in [4.78, 5) is 2.23. The molecule has 0 radical (unpaired) electrons. The number of nitrogens with one attached hydrogen (secondary N) is 1. The molecule has 84 valence electrons. The predicted octanol–water partition coefficient (Wildman–Crippen LogP) is 2.90. The summed E-state index contributed by atoms with van der Waals surface area (Å²) in [5, 5.41) is 3.96. The van der Waals surface area contributed by atoms with E-state index < -0.39 is 0 Å². The quantitative estimate of drug-likeness (QED) is 0.850. The highest BCUT2D eigenvalue weighted by molar-refractivity contribution is 6.30. The summed E-state index contributed by atoms with van der Waals surface area (Å²) in [5.41, 5.74) is 2.48. The zero-order chi connectivity index (χ0) is 11.4. The molecule has 0 aliphatic rings. The molecule has 0 aromatic heterocycles. The van der Waals surface area contributed by atoms with Crippen LogP contribution < -0.4 is 10.2 Å². The Labute approximate surface area is 97.2 Å².